The Labute approximate surface area is 69.8 Å². The van der Waals surface area contributed by atoms with Crippen LogP contribution in [0.15, 0.2) is 12.5 Å². The number of hydrogen-bond acceptors (Lipinski definition) is 3. The average Bonchev–Trinajstić information content (AvgIpc) is 2.34. The number of aromatic nitrogens is 2. The molecule has 1 unspecified atom stereocenters. The second-order valence-corrected chi connectivity index (χ2v) is 2.67. The zero-order chi connectivity index (χ0) is 9.14. The molecule has 0 aliphatic rings. The number of rotatable bonds is 3. The monoisotopic (exact) mass is 169 g/mol. The van der Waals surface area contributed by atoms with Crippen LogP contribution in [0.1, 0.15) is 18.2 Å². The molecule has 0 radical (unpaired) electrons. The molecule has 0 aliphatic heterocycles. The highest BCUT2D eigenvalue weighted by atomic mass is 16.4. The van der Waals surface area contributed by atoms with E-state index < -0.39 is 12.0 Å². The first-order valence-corrected chi connectivity index (χ1v) is 3.55. The lowest BCUT2D eigenvalue weighted by Crippen LogP contribution is -2.15. The SMILES string of the molecule is Cn1cnc(C(N)CC(=O)O)c1. The number of aliphatic carboxylic acids is 1. The van der Waals surface area contributed by atoms with E-state index in [4.69, 9.17) is 10.8 Å². The molecule has 5 nitrogen and oxygen atoms in total. The third-order valence-electron chi connectivity index (χ3n) is 1.50. The van der Waals surface area contributed by atoms with Gasteiger partial charge in [-0.25, -0.2) is 4.98 Å². The maximum absolute atomic E-state index is 10.3. The number of imidazole rings is 1. The minimum absolute atomic E-state index is 0.0863. The molecule has 1 aromatic heterocycles. The van der Waals surface area contributed by atoms with Crippen molar-refractivity contribution in [1.29, 1.82) is 0 Å². The van der Waals surface area contributed by atoms with Gasteiger partial charge in [0.1, 0.15) is 0 Å². The molecule has 5 heteroatoms. The predicted octanol–water partition coefficient (Wildman–Crippen LogP) is -0.105. The molecule has 1 aromatic rings. The quantitative estimate of drug-likeness (QED) is 0.661. The molecule has 66 valence electrons. The Hall–Kier alpha value is -1.36. The van der Waals surface area contributed by atoms with E-state index in [0.717, 1.165) is 0 Å². The van der Waals surface area contributed by atoms with Crippen molar-refractivity contribution < 1.29 is 9.90 Å². The van der Waals surface area contributed by atoms with Crippen LogP contribution < -0.4 is 5.73 Å². The van der Waals surface area contributed by atoms with Gasteiger partial charge in [0.25, 0.3) is 0 Å². The zero-order valence-electron chi connectivity index (χ0n) is 6.77. The van der Waals surface area contributed by atoms with Crippen molar-refractivity contribution in [1.82, 2.24) is 9.55 Å². The van der Waals surface area contributed by atoms with E-state index >= 15 is 0 Å². The van der Waals surface area contributed by atoms with E-state index in [0.29, 0.717) is 5.69 Å². The van der Waals surface area contributed by atoms with Gasteiger partial charge >= 0.3 is 5.97 Å². The van der Waals surface area contributed by atoms with Crippen molar-refractivity contribution in [3.63, 3.8) is 0 Å². The van der Waals surface area contributed by atoms with Crippen LogP contribution in [0.5, 0.6) is 0 Å². The van der Waals surface area contributed by atoms with Gasteiger partial charge in [-0.05, 0) is 0 Å². The first-order chi connectivity index (χ1) is 5.59. The minimum atomic E-state index is -0.909. The van der Waals surface area contributed by atoms with Gasteiger partial charge in [-0.1, -0.05) is 0 Å². The highest BCUT2D eigenvalue weighted by molar-refractivity contribution is 5.67. The van der Waals surface area contributed by atoms with E-state index in [1.54, 1.807) is 17.1 Å². The van der Waals surface area contributed by atoms with Crippen molar-refractivity contribution in [2.75, 3.05) is 0 Å². The molecular formula is C7H11N3O2. The van der Waals surface area contributed by atoms with Crippen molar-refractivity contribution in [2.24, 2.45) is 12.8 Å². The van der Waals surface area contributed by atoms with E-state index in [1.807, 2.05) is 7.05 Å². The van der Waals surface area contributed by atoms with Crippen LogP contribution in [0.25, 0.3) is 0 Å². The molecule has 1 atom stereocenters. The van der Waals surface area contributed by atoms with Gasteiger partial charge in [-0.2, -0.15) is 0 Å². The van der Waals surface area contributed by atoms with E-state index in [1.165, 1.54) is 0 Å². The Balaban J connectivity index is 2.64. The summed E-state index contributed by atoms with van der Waals surface area (Å²) >= 11 is 0. The number of nitrogens with zero attached hydrogens (tertiary/aromatic N) is 2. The van der Waals surface area contributed by atoms with Gasteiger partial charge in [0.15, 0.2) is 0 Å². The molecule has 0 saturated carbocycles. The Bertz CT molecular complexity index is 282. The first kappa shape index (κ1) is 8.73. The summed E-state index contributed by atoms with van der Waals surface area (Å²) in [6, 6.07) is -0.510. The summed E-state index contributed by atoms with van der Waals surface area (Å²) in [7, 11) is 1.81. The predicted molar refractivity (Wildman–Crippen MR) is 42.4 cm³/mol. The molecule has 0 aliphatic carbocycles. The highest BCUT2D eigenvalue weighted by Gasteiger charge is 2.12. The Morgan fingerprint density at radius 2 is 2.58 bits per heavy atom. The van der Waals surface area contributed by atoms with E-state index in [9.17, 15) is 4.79 Å². The van der Waals surface area contributed by atoms with Gasteiger partial charge in [0, 0.05) is 13.2 Å². The maximum Gasteiger partial charge on any atom is 0.305 e. The second kappa shape index (κ2) is 3.36. The van der Waals surface area contributed by atoms with Crippen molar-refractivity contribution >= 4 is 5.97 Å². The molecular weight excluding hydrogens is 158 g/mol. The smallest absolute Gasteiger partial charge is 0.305 e. The zero-order valence-corrected chi connectivity index (χ0v) is 6.77. The Kier molecular flexibility index (Phi) is 2.44. The average molecular weight is 169 g/mol. The molecule has 0 spiro atoms. The van der Waals surface area contributed by atoms with Gasteiger partial charge < -0.3 is 15.4 Å². The standard InChI is InChI=1S/C7H11N3O2/c1-10-3-6(9-4-10)5(8)2-7(11)12/h3-5H,2,8H2,1H3,(H,11,12). The molecule has 0 bridgehead atoms. The molecule has 0 fully saturated rings. The summed E-state index contributed by atoms with van der Waals surface area (Å²) in [4.78, 5) is 14.2. The number of aryl methyl sites for hydroxylation is 1. The van der Waals surface area contributed by atoms with Crippen molar-refractivity contribution in [2.45, 2.75) is 12.5 Å². The number of carboxylic acids is 1. The maximum atomic E-state index is 10.3. The molecule has 0 amide bonds. The summed E-state index contributed by atoms with van der Waals surface area (Å²) in [6.45, 7) is 0. The van der Waals surface area contributed by atoms with E-state index in [-0.39, 0.29) is 6.42 Å². The number of carboxylic acid groups (broad SMARTS) is 1. The Morgan fingerprint density at radius 3 is 3.00 bits per heavy atom. The van der Waals surface area contributed by atoms with E-state index in [2.05, 4.69) is 4.98 Å². The van der Waals surface area contributed by atoms with Gasteiger partial charge in [0.05, 0.1) is 24.5 Å². The largest absolute Gasteiger partial charge is 0.481 e. The lowest BCUT2D eigenvalue weighted by Gasteiger charge is -2.03. The molecule has 0 aromatic carbocycles. The normalized spacial score (nSPS) is 12.8. The fourth-order valence-electron chi connectivity index (χ4n) is 0.917. The fourth-order valence-corrected chi connectivity index (χ4v) is 0.917. The van der Waals surface area contributed by atoms with Crippen LogP contribution in [0.4, 0.5) is 0 Å². The van der Waals surface area contributed by atoms with Gasteiger partial charge in [-0.15, -0.1) is 0 Å². The van der Waals surface area contributed by atoms with Gasteiger partial charge in [-0.3, -0.25) is 4.79 Å². The Morgan fingerprint density at radius 1 is 1.92 bits per heavy atom. The van der Waals surface area contributed by atoms with Crippen LogP contribution in [0.3, 0.4) is 0 Å². The minimum Gasteiger partial charge on any atom is -0.481 e. The number of hydrogen-bond donors (Lipinski definition) is 2. The third-order valence-corrected chi connectivity index (χ3v) is 1.50. The lowest BCUT2D eigenvalue weighted by molar-refractivity contribution is -0.137. The summed E-state index contributed by atoms with van der Waals surface area (Å²) < 4.78 is 1.73. The summed E-state index contributed by atoms with van der Waals surface area (Å²) in [5.74, 6) is -0.909. The van der Waals surface area contributed by atoms with Crippen LogP contribution in [-0.2, 0) is 11.8 Å². The molecule has 1 rings (SSSR count). The number of nitrogens with two attached hydrogens (primary N) is 1. The van der Waals surface area contributed by atoms with Crippen LogP contribution in [0, 0.1) is 0 Å². The summed E-state index contributed by atoms with van der Waals surface area (Å²) in [5, 5.41) is 8.44. The van der Waals surface area contributed by atoms with Crippen molar-refractivity contribution in [3.8, 4) is 0 Å². The molecule has 12 heavy (non-hydrogen) atoms. The molecule has 0 saturated heterocycles. The molecule has 1 heterocycles. The van der Waals surface area contributed by atoms with Crippen LogP contribution in [0.2, 0.25) is 0 Å². The van der Waals surface area contributed by atoms with Crippen molar-refractivity contribution in [3.05, 3.63) is 18.2 Å². The first-order valence-electron chi connectivity index (χ1n) is 3.55. The lowest BCUT2D eigenvalue weighted by atomic mass is 10.2. The third kappa shape index (κ3) is 2.06. The summed E-state index contributed by atoms with van der Waals surface area (Å²) in [5.41, 5.74) is 6.16. The van der Waals surface area contributed by atoms with Crippen LogP contribution >= 0.6 is 0 Å². The summed E-state index contributed by atoms with van der Waals surface area (Å²) in [6.07, 6.45) is 3.22. The highest BCUT2D eigenvalue weighted by Crippen LogP contribution is 2.09. The molecule has 3 N–H and O–H groups in total. The van der Waals surface area contributed by atoms with Crippen LogP contribution in [-0.4, -0.2) is 20.6 Å². The second-order valence-electron chi connectivity index (χ2n) is 2.67. The van der Waals surface area contributed by atoms with Gasteiger partial charge in [0.2, 0.25) is 0 Å². The topological polar surface area (TPSA) is 81.1 Å². The number of carbonyl (C=O) groups is 1. The fraction of sp³-hybridized carbons (Fsp3) is 0.429.